The van der Waals surface area contributed by atoms with Gasteiger partial charge in [0.15, 0.2) is 17.7 Å². The third-order valence-corrected chi connectivity index (χ3v) is 3.95. The van der Waals surface area contributed by atoms with Crippen molar-refractivity contribution in [2.45, 2.75) is 25.2 Å². The first-order valence-electron chi connectivity index (χ1n) is 7.99. The van der Waals surface area contributed by atoms with Crippen LogP contribution in [0.3, 0.4) is 0 Å². The number of halogens is 5. The van der Waals surface area contributed by atoms with Crippen molar-refractivity contribution >= 4 is 18.3 Å². The maximum atomic E-state index is 13.5. The number of carbonyl (C=O) groups excluding carboxylic acids is 1. The van der Waals surface area contributed by atoms with Crippen LogP contribution in [0.25, 0.3) is 0 Å². The third-order valence-electron chi connectivity index (χ3n) is 3.95. The van der Waals surface area contributed by atoms with E-state index in [1.54, 1.807) is 0 Å². The van der Waals surface area contributed by atoms with Crippen molar-refractivity contribution in [3.63, 3.8) is 0 Å². The van der Waals surface area contributed by atoms with Crippen LogP contribution in [0.4, 0.5) is 17.6 Å². The van der Waals surface area contributed by atoms with Gasteiger partial charge in [-0.2, -0.15) is 13.2 Å². The zero-order valence-corrected chi connectivity index (χ0v) is 15.0. The highest BCUT2D eigenvalue weighted by atomic mass is 35.5. The molecular formula is C16H22ClF4N3O2. The van der Waals surface area contributed by atoms with E-state index >= 15 is 0 Å². The summed E-state index contributed by atoms with van der Waals surface area (Å²) in [6, 6.07) is 3.75. The summed E-state index contributed by atoms with van der Waals surface area (Å²) in [5, 5.41) is 5.24. The lowest BCUT2D eigenvalue weighted by atomic mass is 10.2. The molecule has 1 aliphatic heterocycles. The molecule has 0 saturated carbocycles. The van der Waals surface area contributed by atoms with Crippen molar-refractivity contribution in [1.29, 1.82) is 0 Å². The number of hydrogen-bond acceptors (Lipinski definition) is 4. The average Bonchev–Trinajstić information content (AvgIpc) is 2.56. The zero-order chi connectivity index (χ0) is 18.4. The number of nitrogens with one attached hydrogen (secondary N) is 2. The predicted molar refractivity (Wildman–Crippen MR) is 91.0 cm³/mol. The van der Waals surface area contributed by atoms with E-state index in [4.69, 9.17) is 4.74 Å². The number of amides is 1. The molecule has 5 nitrogen and oxygen atoms in total. The number of nitrogens with zero attached hydrogens (tertiary/aromatic N) is 1. The zero-order valence-electron chi connectivity index (χ0n) is 14.2. The molecule has 1 aromatic rings. The smallest absolute Gasteiger partial charge is 0.405 e. The fraction of sp³-hybridized carbons (Fsp3) is 0.562. The molecule has 26 heavy (non-hydrogen) atoms. The lowest BCUT2D eigenvalue weighted by molar-refractivity contribution is -0.184. The maximum Gasteiger partial charge on any atom is 0.405 e. The maximum absolute atomic E-state index is 13.5. The Balaban J connectivity index is 0.00000338. The molecule has 0 spiro atoms. The van der Waals surface area contributed by atoms with Gasteiger partial charge in [0.05, 0.1) is 0 Å². The van der Waals surface area contributed by atoms with Gasteiger partial charge >= 0.3 is 6.18 Å². The van der Waals surface area contributed by atoms with Crippen LogP contribution in [0.1, 0.15) is 6.92 Å². The third kappa shape index (κ3) is 6.30. The number of benzene rings is 1. The van der Waals surface area contributed by atoms with Gasteiger partial charge in [-0.25, -0.2) is 4.39 Å². The van der Waals surface area contributed by atoms with Crippen molar-refractivity contribution < 1.29 is 27.1 Å². The number of para-hydroxylation sites is 1. The molecule has 1 saturated heterocycles. The minimum Gasteiger partial charge on any atom is -0.478 e. The van der Waals surface area contributed by atoms with E-state index in [2.05, 4.69) is 10.6 Å². The van der Waals surface area contributed by atoms with Crippen LogP contribution in [0.15, 0.2) is 24.3 Å². The summed E-state index contributed by atoms with van der Waals surface area (Å²) in [6.45, 7) is 2.21. The molecule has 1 amide bonds. The monoisotopic (exact) mass is 399 g/mol. The van der Waals surface area contributed by atoms with Crippen LogP contribution in [0.2, 0.25) is 0 Å². The number of piperazine rings is 1. The van der Waals surface area contributed by atoms with Crippen molar-refractivity contribution in [2.75, 3.05) is 32.7 Å². The fourth-order valence-electron chi connectivity index (χ4n) is 2.57. The number of alkyl halides is 3. The highest BCUT2D eigenvalue weighted by Gasteiger charge is 2.44. The largest absolute Gasteiger partial charge is 0.478 e. The molecule has 0 aliphatic carbocycles. The Morgan fingerprint density at radius 2 is 1.92 bits per heavy atom. The second-order valence-electron chi connectivity index (χ2n) is 5.78. The Morgan fingerprint density at radius 3 is 2.50 bits per heavy atom. The lowest BCUT2D eigenvalue weighted by Crippen LogP contribution is -2.58. The van der Waals surface area contributed by atoms with E-state index in [-0.39, 0.29) is 31.2 Å². The van der Waals surface area contributed by atoms with Crippen molar-refractivity contribution in [3.05, 3.63) is 30.1 Å². The number of carbonyl (C=O) groups is 1. The van der Waals surface area contributed by atoms with E-state index in [1.165, 1.54) is 36.1 Å². The molecule has 1 fully saturated rings. The summed E-state index contributed by atoms with van der Waals surface area (Å²) in [5.74, 6) is -1.50. The van der Waals surface area contributed by atoms with Crippen LogP contribution in [-0.2, 0) is 4.79 Å². The molecule has 2 unspecified atom stereocenters. The first-order chi connectivity index (χ1) is 11.8. The summed E-state index contributed by atoms with van der Waals surface area (Å²) in [4.78, 5) is 13.3. The van der Waals surface area contributed by atoms with E-state index in [9.17, 15) is 22.4 Å². The highest BCUT2D eigenvalue weighted by molar-refractivity contribution is 5.85. The van der Waals surface area contributed by atoms with Crippen LogP contribution < -0.4 is 15.4 Å². The molecule has 0 radical (unpaired) electrons. The Bertz CT molecular complexity index is 583. The lowest BCUT2D eigenvalue weighted by Gasteiger charge is -2.36. The molecule has 2 atom stereocenters. The van der Waals surface area contributed by atoms with Crippen molar-refractivity contribution in [2.24, 2.45) is 0 Å². The van der Waals surface area contributed by atoms with Crippen molar-refractivity contribution in [1.82, 2.24) is 15.5 Å². The average molecular weight is 400 g/mol. The van der Waals surface area contributed by atoms with E-state index in [0.29, 0.717) is 13.1 Å². The van der Waals surface area contributed by atoms with E-state index < -0.39 is 36.6 Å². The molecule has 10 heteroatoms. The second kappa shape index (κ2) is 9.94. The minimum absolute atomic E-state index is 0. The number of rotatable bonds is 6. The highest BCUT2D eigenvalue weighted by Crippen LogP contribution is 2.25. The number of hydrogen-bond donors (Lipinski definition) is 2. The molecule has 148 valence electrons. The molecule has 1 aliphatic rings. The molecule has 0 aromatic heterocycles. The predicted octanol–water partition coefficient (Wildman–Crippen LogP) is 1.97. The van der Waals surface area contributed by atoms with Gasteiger partial charge in [0.1, 0.15) is 6.04 Å². The Morgan fingerprint density at radius 1 is 1.31 bits per heavy atom. The first-order valence-corrected chi connectivity index (χ1v) is 7.99. The molecule has 1 aromatic carbocycles. The van der Waals surface area contributed by atoms with Crippen LogP contribution in [-0.4, -0.2) is 61.9 Å². The van der Waals surface area contributed by atoms with Gasteiger partial charge in [-0.05, 0) is 19.1 Å². The number of ether oxygens (including phenoxy) is 1. The van der Waals surface area contributed by atoms with Gasteiger partial charge in [-0.15, -0.1) is 12.4 Å². The van der Waals surface area contributed by atoms with Crippen molar-refractivity contribution in [3.8, 4) is 5.75 Å². The van der Waals surface area contributed by atoms with E-state index in [0.717, 1.165) is 0 Å². The molecular weight excluding hydrogens is 378 g/mol. The van der Waals surface area contributed by atoms with Gasteiger partial charge in [-0.1, -0.05) is 12.1 Å². The Kier molecular flexibility index (Phi) is 8.58. The topological polar surface area (TPSA) is 53.6 Å². The normalized spacial score (nSPS) is 17.7. The summed E-state index contributed by atoms with van der Waals surface area (Å²) < 4.78 is 58.5. The summed E-state index contributed by atoms with van der Waals surface area (Å²) >= 11 is 0. The second-order valence-corrected chi connectivity index (χ2v) is 5.78. The van der Waals surface area contributed by atoms with E-state index in [1.807, 2.05) is 0 Å². The molecule has 0 bridgehead atoms. The molecule has 2 rings (SSSR count). The van der Waals surface area contributed by atoms with Crippen LogP contribution in [0, 0.1) is 5.82 Å². The van der Waals surface area contributed by atoms with Crippen LogP contribution in [0.5, 0.6) is 5.75 Å². The molecule has 2 N–H and O–H groups in total. The quantitative estimate of drug-likeness (QED) is 0.718. The summed E-state index contributed by atoms with van der Waals surface area (Å²) in [7, 11) is 0. The van der Waals surface area contributed by atoms with Gasteiger partial charge in [0, 0.05) is 32.7 Å². The fourth-order valence-corrected chi connectivity index (χ4v) is 2.57. The van der Waals surface area contributed by atoms with Gasteiger partial charge < -0.3 is 15.4 Å². The van der Waals surface area contributed by atoms with Gasteiger partial charge in [-0.3, -0.25) is 9.69 Å². The first kappa shape index (κ1) is 22.5. The van der Waals surface area contributed by atoms with Gasteiger partial charge in [0.25, 0.3) is 5.91 Å². The summed E-state index contributed by atoms with van der Waals surface area (Å²) in [5.41, 5.74) is 0. The minimum atomic E-state index is -4.46. The summed E-state index contributed by atoms with van der Waals surface area (Å²) in [6.07, 6.45) is -5.57. The standard InChI is InChI=1S/C16H21F4N3O2.ClH/c1-11(25-13-5-3-2-4-12(13)17)15(24)22-10-14(16(18,19)20)23-8-6-21-7-9-23;/h2-5,11,14,21H,6-10H2,1H3,(H,22,24);1H. The molecule has 1 heterocycles. The Hall–Kier alpha value is -1.58. The van der Waals surface area contributed by atoms with Gasteiger partial charge in [0.2, 0.25) is 0 Å². The SMILES string of the molecule is CC(Oc1ccccc1F)C(=O)NCC(N1CCNCC1)C(F)(F)F.Cl. The Labute approximate surface area is 155 Å². The van der Waals surface area contributed by atoms with Crippen LogP contribution >= 0.6 is 12.4 Å².